The van der Waals surface area contributed by atoms with E-state index in [9.17, 15) is 4.79 Å². The molecule has 0 saturated carbocycles. The summed E-state index contributed by atoms with van der Waals surface area (Å²) in [5.41, 5.74) is 1.51. The van der Waals surface area contributed by atoms with Crippen molar-refractivity contribution in [2.24, 2.45) is 0 Å². The molecule has 1 saturated heterocycles. The molecular formula is C23H24N4O3S. The largest absolute Gasteiger partial charge is 0.495 e. The number of benzene rings is 1. The Morgan fingerprint density at radius 1 is 1.23 bits per heavy atom. The number of amides is 1. The Hall–Kier alpha value is -3.39. The topological polar surface area (TPSA) is 79.6 Å². The number of furan rings is 1. The minimum absolute atomic E-state index is 0.122. The third-order valence-electron chi connectivity index (χ3n) is 5.21. The third-order valence-corrected chi connectivity index (χ3v) is 5.56. The van der Waals surface area contributed by atoms with Crippen LogP contribution < -0.4 is 15.4 Å². The predicted molar refractivity (Wildman–Crippen MR) is 122 cm³/mol. The van der Waals surface area contributed by atoms with Crippen molar-refractivity contribution < 1.29 is 13.9 Å². The third kappa shape index (κ3) is 4.54. The van der Waals surface area contributed by atoms with Crippen LogP contribution in [0.25, 0.3) is 0 Å². The summed E-state index contributed by atoms with van der Waals surface area (Å²) in [7, 11) is 1.58. The van der Waals surface area contributed by atoms with Crippen LogP contribution in [0.1, 0.15) is 35.7 Å². The van der Waals surface area contributed by atoms with Crippen LogP contribution in [0.5, 0.6) is 5.75 Å². The van der Waals surface area contributed by atoms with E-state index in [0.717, 1.165) is 17.2 Å². The normalized spacial score (nSPS) is 18.0. The standard InChI is InChI=1S/C23H24N4O3S/c1-15-10-11-19(30-15)22-21(17-8-5-6-13-24-17)26-23(31)27(22)14-12-20(28)25-16-7-3-4-9-18(16)29-2/h3-11,13,21-22H,12,14H2,1-2H3,(H,25,28)(H,26,31)/t21-,22-/m0/s1. The van der Waals surface area contributed by atoms with E-state index in [0.29, 0.717) is 23.1 Å². The molecule has 0 bridgehead atoms. The van der Waals surface area contributed by atoms with Gasteiger partial charge in [-0.15, -0.1) is 0 Å². The van der Waals surface area contributed by atoms with Crippen LogP contribution in [0.15, 0.2) is 65.2 Å². The van der Waals surface area contributed by atoms with Gasteiger partial charge in [0.1, 0.15) is 23.3 Å². The second-order valence-corrected chi connectivity index (χ2v) is 7.65. The van der Waals surface area contributed by atoms with Crippen LogP contribution >= 0.6 is 12.2 Å². The molecule has 2 atom stereocenters. The van der Waals surface area contributed by atoms with Crippen LogP contribution in [0, 0.1) is 6.92 Å². The zero-order chi connectivity index (χ0) is 21.8. The summed E-state index contributed by atoms with van der Waals surface area (Å²) in [6, 6.07) is 16.6. The number of pyridine rings is 1. The van der Waals surface area contributed by atoms with E-state index >= 15 is 0 Å². The fourth-order valence-corrected chi connectivity index (χ4v) is 4.08. The second-order valence-electron chi connectivity index (χ2n) is 7.27. The van der Waals surface area contributed by atoms with E-state index in [2.05, 4.69) is 15.6 Å². The van der Waals surface area contributed by atoms with E-state index in [1.165, 1.54) is 0 Å². The Morgan fingerprint density at radius 3 is 2.74 bits per heavy atom. The zero-order valence-electron chi connectivity index (χ0n) is 17.4. The number of rotatable bonds is 7. The number of aryl methyl sites for hydroxylation is 1. The van der Waals surface area contributed by atoms with E-state index in [1.54, 1.807) is 13.3 Å². The maximum absolute atomic E-state index is 12.7. The molecule has 3 aromatic rings. The molecule has 4 rings (SSSR count). The van der Waals surface area contributed by atoms with Crippen molar-refractivity contribution in [2.75, 3.05) is 19.0 Å². The van der Waals surface area contributed by atoms with Crippen LogP contribution in [0.3, 0.4) is 0 Å². The molecule has 2 aromatic heterocycles. The van der Waals surface area contributed by atoms with Crippen molar-refractivity contribution in [3.8, 4) is 5.75 Å². The van der Waals surface area contributed by atoms with Crippen molar-refractivity contribution >= 4 is 28.9 Å². The van der Waals surface area contributed by atoms with Crippen LogP contribution in [-0.4, -0.2) is 34.6 Å². The van der Waals surface area contributed by atoms with Gasteiger partial charge in [0, 0.05) is 19.2 Å². The molecule has 8 heteroatoms. The van der Waals surface area contributed by atoms with Gasteiger partial charge in [0.25, 0.3) is 0 Å². The average molecular weight is 437 g/mol. The van der Waals surface area contributed by atoms with Gasteiger partial charge < -0.3 is 24.7 Å². The summed E-state index contributed by atoms with van der Waals surface area (Å²) in [5, 5.41) is 6.83. The Kier molecular flexibility index (Phi) is 6.18. The summed E-state index contributed by atoms with van der Waals surface area (Å²) >= 11 is 5.62. The van der Waals surface area contributed by atoms with Crippen molar-refractivity contribution in [1.29, 1.82) is 0 Å². The number of methoxy groups -OCH3 is 1. The Balaban J connectivity index is 1.52. The van der Waals surface area contributed by atoms with Gasteiger partial charge in [-0.05, 0) is 55.5 Å². The lowest BCUT2D eigenvalue weighted by molar-refractivity contribution is -0.116. The highest BCUT2D eigenvalue weighted by Crippen LogP contribution is 2.39. The van der Waals surface area contributed by atoms with Crippen LogP contribution in [-0.2, 0) is 4.79 Å². The first-order valence-electron chi connectivity index (χ1n) is 10.0. The lowest BCUT2D eigenvalue weighted by atomic mass is 10.0. The van der Waals surface area contributed by atoms with Gasteiger partial charge in [0.2, 0.25) is 5.91 Å². The molecule has 160 valence electrons. The molecule has 3 heterocycles. The van der Waals surface area contributed by atoms with Gasteiger partial charge in [-0.2, -0.15) is 0 Å². The van der Waals surface area contributed by atoms with Crippen LogP contribution in [0.4, 0.5) is 5.69 Å². The number of hydrogen-bond acceptors (Lipinski definition) is 5. The maximum atomic E-state index is 12.7. The monoisotopic (exact) mass is 436 g/mol. The number of nitrogens with one attached hydrogen (secondary N) is 2. The molecule has 0 radical (unpaired) electrons. The highest BCUT2D eigenvalue weighted by atomic mass is 32.1. The summed E-state index contributed by atoms with van der Waals surface area (Å²) in [5.74, 6) is 2.10. The highest BCUT2D eigenvalue weighted by molar-refractivity contribution is 7.80. The van der Waals surface area contributed by atoms with Crippen molar-refractivity contribution in [2.45, 2.75) is 25.4 Å². The first kappa shape index (κ1) is 20.9. The fraction of sp³-hybridized carbons (Fsp3) is 0.261. The van der Waals surface area contributed by atoms with Crippen molar-refractivity contribution in [1.82, 2.24) is 15.2 Å². The Labute approximate surface area is 186 Å². The highest BCUT2D eigenvalue weighted by Gasteiger charge is 2.41. The number of ether oxygens (including phenoxy) is 1. The van der Waals surface area contributed by atoms with Gasteiger partial charge in [-0.1, -0.05) is 18.2 Å². The van der Waals surface area contributed by atoms with Crippen molar-refractivity contribution in [3.05, 3.63) is 78.0 Å². The van der Waals surface area contributed by atoms with E-state index in [4.69, 9.17) is 21.4 Å². The van der Waals surface area contributed by atoms with Gasteiger partial charge >= 0.3 is 0 Å². The van der Waals surface area contributed by atoms with Crippen LogP contribution in [0.2, 0.25) is 0 Å². The number of thiocarbonyl (C=S) groups is 1. The molecule has 0 unspecified atom stereocenters. The predicted octanol–water partition coefficient (Wildman–Crippen LogP) is 3.99. The second kappa shape index (κ2) is 9.18. The van der Waals surface area contributed by atoms with Gasteiger partial charge in [-0.25, -0.2) is 0 Å². The first-order chi connectivity index (χ1) is 15.1. The number of para-hydroxylation sites is 2. The van der Waals surface area contributed by atoms with Gasteiger partial charge in [0.15, 0.2) is 5.11 Å². The summed E-state index contributed by atoms with van der Waals surface area (Å²) in [4.78, 5) is 19.1. The van der Waals surface area contributed by atoms with Gasteiger partial charge in [0.05, 0.1) is 24.5 Å². The lowest BCUT2D eigenvalue weighted by Crippen LogP contribution is -2.32. The minimum atomic E-state index is -0.199. The average Bonchev–Trinajstić information content (AvgIpc) is 3.35. The quantitative estimate of drug-likeness (QED) is 0.542. The zero-order valence-corrected chi connectivity index (χ0v) is 18.2. The fourth-order valence-electron chi connectivity index (χ4n) is 3.75. The molecule has 31 heavy (non-hydrogen) atoms. The number of carbonyl (C=O) groups is 1. The SMILES string of the molecule is COc1ccccc1NC(=O)CCN1C(=S)N[C@@H](c2ccccn2)[C@@H]1c1ccc(C)o1. The number of anilines is 1. The van der Waals surface area contributed by atoms with E-state index in [-0.39, 0.29) is 24.4 Å². The summed E-state index contributed by atoms with van der Waals surface area (Å²) in [6.45, 7) is 2.34. The molecule has 2 N–H and O–H groups in total. The number of hydrogen-bond donors (Lipinski definition) is 2. The first-order valence-corrected chi connectivity index (χ1v) is 10.4. The molecule has 1 aliphatic heterocycles. The molecule has 1 amide bonds. The summed E-state index contributed by atoms with van der Waals surface area (Å²) in [6.07, 6.45) is 2.01. The smallest absolute Gasteiger partial charge is 0.226 e. The number of aromatic nitrogens is 1. The number of nitrogens with zero attached hydrogens (tertiary/aromatic N) is 2. The van der Waals surface area contributed by atoms with Gasteiger partial charge in [-0.3, -0.25) is 9.78 Å². The molecule has 1 fully saturated rings. The molecule has 0 spiro atoms. The number of carbonyl (C=O) groups excluding carboxylic acids is 1. The van der Waals surface area contributed by atoms with E-state index < -0.39 is 0 Å². The Bertz CT molecular complexity index is 1070. The van der Waals surface area contributed by atoms with E-state index in [1.807, 2.05) is 66.4 Å². The molecule has 0 aliphatic carbocycles. The molecule has 1 aromatic carbocycles. The minimum Gasteiger partial charge on any atom is -0.495 e. The summed E-state index contributed by atoms with van der Waals surface area (Å²) < 4.78 is 11.3. The van der Waals surface area contributed by atoms with Crippen molar-refractivity contribution in [3.63, 3.8) is 0 Å². The molecule has 1 aliphatic rings. The maximum Gasteiger partial charge on any atom is 0.226 e. The molecule has 7 nitrogen and oxygen atoms in total. The Morgan fingerprint density at radius 2 is 2.03 bits per heavy atom. The lowest BCUT2D eigenvalue weighted by Gasteiger charge is -2.25. The molecular weight excluding hydrogens is 412 g/mol.